The van der Waals surface area contributed by atoms with E-state index in [1.54, 1.807) is 0 Å². The number of unbranched alkanes of at least 4 members (excludes halogenated alkanes) is 1. The second-order valence-electron chi connectivity index (χ2n) is 4.40. The summed E-state index contributed by atoms with van der Waals surface area (Å²) in [6.07, 6.45) is 1.28. The molecular formula is C12H18N2O5. The van der Waals surface area contributed by atoms with Crippen LogP contribution in [0.1, 0.15) is 37.8 Å². The van der Waals surface area contributed by atoms with Gasteiger partial charge < -0.3 is 21.1 Å². The molecular weight excluding hydrogens is 252 g/mol. The van der Waals surface area contributed by atoms with Crippen molar-refractivity contribution in [1.29, 1.82) is 0 Å². The normalized spacial score (nSPS) is 14.1. The molecule has 0 aliphatic heterocycles. The molecule has 0 unspecified atom stereocenters. The first kappa shape index (κ1) is 15.2. The van der Waals surface area contributed by atoms with Crippen molar-refractivity contribution in [1.82, 2.24) is 0 Å². The number of rotatable bonds is 6. The summed E-state index contributed by atoms with van der Waals surface area (Å²) in [4.78, 5) is 9.91. The molecule has 0 aromatic heterocycles. The van der Waals surface area contributed by atoms with Gasteiger partial charge in [0.15, 0.2) is 5.75 Å². The van der Waals surface area contributed by atoms with E-state index < -0.39 is 34.3 Å². The predicted molar refractivity (Wildman–Crippen MR) is 68.9 cm³/mol. The maximum atomic E-state index is 10.7. The van der Waals surface area contributed by atoms with E-state index in [0.717, 1.165) is 25.0 Å². The lowest BCUT2D eigenvalue weighted by molar-refractivity contribution is -0.386. The summed E-state index contributed by atoms with van der Waals surface area (Å²) >= 11 is 0. The van der Waals surface area contributed by atoms with Gasteiger partial charge in [0, 0.05) is 6.07 Å². The van der Waals surface area contributed by atoms with Gasteiger partial charge >= 0.3 is 5.69 Å². The molecule has 0 bridgehead atoms. The highest BCUT2D eigenvalue weighted by Crippen LogP contribution is 2.38. The maximum Gasteiger partial charge on any atom is 0.314 e. The third-order valence-corrected chi connectivity index (χ3v) is 2.94. The van der Waals surface area contributed by atoms with Crippen molar-refractivity contribution in [3.05, 3.63) is 27.8 Å². The molecule has 0 saturated heterocycles. The third-order valence-electron chi connectivity index (χ3n) is 2.94. The number of nitro benzene ring substituents is 1. The molecule has 0 radical (unpaired) electrons. The molecule has 1 aromatic carbocycles. The molecule has 1 aromatic rings. The summed E-state index contributed by atoms with van der Waals surface area (Å²) < 4.78 is 0. The Morgan fingerprint density at radius 2 is 2.05 bits per heavy atom. The Bertz CT molecular complexity index is 464. The summed E-state index contributed by atoms with van der Waals surface area (Å²) in [6, 6.07) is 1.34. The van der Waals surface area contributed by atoms with E-state index in [1.165, 1.54) is 0 Å². The van der Waals surface area contributed by atoms with E-state index in [2.05, 4.69) is 0 Å². The Kier molecular flexibility index (Phi) is 5.08. The van der Waals surface area contributed by atoms with Crippen molar-refractivity contribution in [2.24, 2.45) is 5.73 Å². The highest BCUT2D eigenvalue weighted by molar-refractivity contribution is 5.57. The summed E-state index contributed by atoms with van der Waals surface area (Å²) in [7, 11) is 0. The van der Waals surface area contributed by atoms with Crippen LogP contribution in [0.25, 0.3) is 0 Å². The zero-order chi connectivity index (χ0) is 14.6. The summed E-state index contributed by atoms with van der Waals surface area (Å²) in [5.41, 5.74) is 5.38. The number of aromatic hydroxyl groups is 2. The van der Waals surface area contributed by atoms with Crippen molar-refractivity contribution in [2.45, 2.75) is 38.3 Å². The summed E-state index contributed by atoms with van der Waals surface area (Å²) in [5.74, 6) is -1.42. The highest BCUT2D eigenvalue weighted by Gasteiger charge is 2.24. The lowest BCUT2D eigenvalue weighted by Crippen LogP contribution is -2.26. The highest BCUT2D eigenvalue weighted by atomic mass is 16.6. The summed E-state index contributed by atoms with van der Waals surface area (Å²) in [6.45, 7) is 1.97. The van der Waals surface area contributed by atoms with Crippen LogP contribution in [-0.4, -0.2) is 26.3 Å². The minimum absolute atomic E-state index is 0.214. The van der Waals surface area contributed by atoms with Gasteiger partial charge in [-0.2, -0.15) is 0 Å². The second kappa shape index (κ2) is 6.35. The number of hydrogen-bond acceptors (Lipinski definition) is 6. The number of aliphatic hydroxyl groups is 1. The molecule has 19 heavy (non-hydrogen) atoms. The van der Waals surface area contributed by atoms with Crippen LogP contribution in [-0.2, 0) is 0 Å². The fraction of sp³-hybridized carbons (Fsp3) is 0.500. The largest absolute Gasteiger partial charge is 0.504 e. The van der Waals surface area contributed by atoms with Crippen LogP contribution in [0.3, 0.4) is 0 Å². The van der Waals surface area contributed by atoms with Gasteiger partial charge in [0.25, 0.3) is 0 Å². The van der Waals surface area contributed by atoms with Gasteiger partial charge in [0.2, 0.25) is 5.75 Å². The maximum absolute atomic E-state index is 10.7. The van der Waals surface area contributed by atoms with Crippen molar-refractivity contribution in [2.75, 3.05) is 0 Å². The van der Waals surface area contributed by atoms with Gasteiger partial charge in [-0.1, -0.05) is 19.8 Å². The molecule has 0 amide bonds. The van der Waals surface area contributed by atoms with Crippen LogP contribution in [0, 0.1) is 10.1 Å². The Balaban J connectivity index is 3.03. The average molecular weight is 270 g/mol. The Morgan fingerprint density at radius 3 is 2.58 bits per heavy atom. The van der Waals surface area contributed by atoms with Gasteiger partial charge in [-0.3, -0.25) is 10.1 Å². The van der Waals surface area contributed by atoms with Crippen LogP contribution >= 0.6 is 0 Å². The van der Waals surface area contributed by atoms with E-state index in [0.29, 0.717) is 6.42 Å². The smallest absolute Gasteiger partial charge is 0.314 e. The van der Waals surface area contributed by atoms with Crippen LogP contribution in [0.4, 0.5) is 5.69 Å². The number of phenolic OH excluding ortho intramolecular Hbond substituents is 2. The standard InChI is InChI=1S/C12H18N2O5/c1-2-3-4-9(15)11(13)7-5-8(14(18)19)12(17)10(16)6-7/h5-6,9,11,15-17H,2-4,13H2,1H3/t9-,11+/m1/s1. The van der Waals surface area contributed by atoms with Gasteiger partial charge in [0.05, 0.1) is 17.1 Å². The molecule has 106 valence electrons. The zero-order valence-corrected chi connectivity index (χ0v) is 10.6. The first-order valence-corrected chi connectivity index (χ1v) is 6.02. The quantitative estimate of drug-likeness (QED) is 0.352. The molecule has 1 rings (SSSR count). The molecule has 0 fully saturated rings. The third kappa shape index (κ3) is 3.55. The van der Waals surface area contributed by atoms with Crippen LogP contribution in [0.2, 0.25) is 0 Å². The minimum atomic E-state index is -0.858. The molecule has 7 heteroatoms. The minimum Gasteiger partial charge on any atom is -0.504 e. The lowest BCUT2D eigenvalue weighted by Gasteiger charge is -2.19. The van der Waals surface area contributed by atoms with Crippen LogP contribution in [0.15, 0.2) is 12.1 Å². The van der Waals surface area contributed by atoms with Gasteiger partial charge in [-0.05, 0) is 18.1 Å². The Hall–Kier alpha value is -1.86. The van der Waals surface area contributed by atoms with Crippen molar-refractivity contribution >= 4 is 5.69 Å². The second-order valence-corrected chi connectivity index (χ2v) is 4.40. The average Bonchev–Trinajstić information content (AvgIpc) is 2.37. The van der Waals surface area contributed by atoms with E-state index >= 15 is 0 Å². The van der Waals surface area contributed by atoms with Crippen molar-refractivity contribution in [3.63, 3.8) is 0 Å². The molecule has 0 heterocycles. The number of aliphatic hydroxyl groups excluding tert-OH is 1. The molecule has 5 N–H and O–H groups in total. The number of nitro groups is 1. The molecule has 0 saturated carbocycles. The number of hydrogen-bond donors (Lipinski definition) is 4. The first-order chi connectivity index (χ1) is 8.88. The van der Waals surface area contributed by atoms with Gasteiger partial charge in [0.1, 0.15) is 0 Å². The van der Waals surface area contributed by atoms with E-state index in [1.807, 2.05) is 6.92 Å². The topological polar surface area (TPSA) is 130 Å². The molecule has 0 spiro atoms. The Labute approximate surface area is 110 Å². The van der Waals surface area contributed by atoms with E-state index in [4.69, 9.17) is 5.73 Å². The fourth-order valence-electron chi connectivity index (χ4n) is 1.77. The number of nitrogens with zero attached hydrogens (tertiary/aromatic N) is 1. The summed E-state index contributed by atoms with van der Waals surface area (Å²) in [5, 5.41) is 39.4. The van der Waals surface area contributed by atoms with Gasteiger partial charge in [-0.15, -0.1) is 0 Å². The van der Waals surface area contributed by atoms with Crippen LogP contribution < -0.4 is 5.73 Å². The number of benzene rings is 1. The first-order valence-electron chi connectivity index (χ1n) is 6.02. The number of nitrogens with two attached hydrogens (primary N) is 1. The fourth-order valence-corrected chi connectivity index (χ4v) is 1.77. The molecule has 0 aliphatic carbocycles. The number of phenols is 2. The van der Waals surface area contributed by atoms with E-state index in [-0.39, 0.29) is 5.56 Å². The zero-order valence-electron chi connectivity index (χ0n) is 10.6. The van der Waals surface area contributed by atoms with Crippen molar-refractivity contribution in [3.8, 4) is 11.5 Å². The molecule has 0 aliphatic rings. The monoisotopic (exact) mass is 270 g/mol. The predicted octanol–water partition coefficient (Wildman–Crippen LogP) is 1.56. The Morgan fingerprint density at radius 1 is 1.42 bits per heavy atom. The lowest BCUT2D eigenvalue weighted by atomic mass is 9.97. The van der Waals surface area contributed by atoms with Gasteiger partial charge in [-0.25, -0.2) is 0 Å². The van der Waals surface area contributed by atoms with Crippen LogP contribution in [0.5, 0.6) is 11.5 Å². The molecule has 7 nitrogen and oxygen atoms in total. The van der Waals surface area contributed by atoms with Crippen molar-refractivity contribution < 1.29 is 20.2 Å². The van der Waals surface area contributed by atoms with E-state index in [9.17, 15) is 25.4 Å². The molecule has 2 atom stereocenters. The SMILES string of the molecule is CCCC[C@@H](O)[C@@H](N)c1cc(O)c(O)c([N+](=O)[O-])c1.